The quantitative estimate of drug-likeness (QED) is 0.424. The minimum absolute atomic E-state index is 0.454. The lowest BCUT2D eigenvalue weighted by Crippen LogP contribution is -2.19. The molecular formula is C8H8N3S2+. The van der Waals surface area contributed by atoms with Gasteiger partial charge in [-0.1, -0.05) is 6.58 Å². The molecule has 0 fully saturated rings. The second-order valence-corrected chi connectivity index (χ2v) is 3.05. The fraction of sp³-hybridized carbons (Fsp3) is 0.125. The van der Waals surface area contributed by atoms with E-state index >= 15 is 0 Å². The van der Waals surface area contributed by atoms with Gasteiger partial charge >= 0.3 is 4.99 Å². The molecule has 13 heavy (non-hydrogen) atoms. The smallest absolute Gasteiger partial charge is 0.230 e. The summed E-state index contributed by atoms with van der Waals surface area (Å²) in [4.78, 5) is 8.43. The molecule has 0 N–H and O–H groups in total. The summed E-state index contributed by atoms with van der Waals surface area (Å²) in [5.74, 6) is 0.481. The van der Waals surface area contributed by atoms with Crippen LogP contribution in [0.5, 0.6) is 0 Å². The van der Waals surface area contributed by atoms with E-state index in [0.29, 0.717) is 17.4 Å². The van der Waals surface area contributed by atoms with E-state index in [2.05, 4.69) is 16.5 Å². The Hall–Kier alpha value is -1.07. The van der Waals surface area contributed by atoms with Crippen molar-refractivity contribution in [3.63, 3.8) is 0 Å². The van der Waals surface area contributed by atoms with E-state index in [1.807, 2.05) is 0 Å². The Morgan fingerprint density at radius 2 is 2.15 bits per heavy atom. The van der Waals surface area contributed by atoms with Crippen LogP contribution >= 0.6 is 12.2 Å². The van der Waals surface area contributed by atoms with Crippen LogP contribution in [0.2, 0.25) is 0 Å². The molecule has 1 aromatic rings. The van der Waals surface area contributed by atoms with Gasteiger partial charge in [-0.3, -0.25) is 0 Å². The third-order valence-corrected chi connectivity index (χ3v) is 2.13. The molecule has 66 valence electrons. The molecule has 0 aromatic carbocycles. The van der Waals surface area contributed by atoms with Gasteiger partial charge in [0.25, 0.3) is 12.4 Å². The van der Waals surface area contributed by atoms with Gasteiger partial charge in [0.15, 0.2) is 6.54 Å². The van der Waals surface area contributed by atoms with Crippen molar-refractivity contribution in [1.82, 2.24) is 9.97 Å². The molecule has 0 aliphatic carbocycles. The highest BCUT2D eigenvalue weighted by Crippen LogP contribution is 1.93. The summed E-state index contributed by atoms with van der Waals surface area (Å²) >= 11 is 10.0. The zero-order valence-electron chi connectivity index (χ0n) is 6.88. The highest BCUT2D eigenvalue weighted by Gasteiger charge is 2.16. The lowest BCUT2D eigenvalue weighted by Gasteiger charge is -1.94. The van der Waals surface area contributed by atoms with Crippen LogP contribution in [-0.2, 0) is 12.4 Å². The minimum Gasteiger partial charge on any atom is -0.230 e. The summed E-state index contributed by atoms with van der Waals surface area (Å²) < 4.78 is 1.46. The third-order valence-electron chi connectivity index (χ3n) is 1.28. The van der Waals surface area contributed by atoms with E-state index in [-0.39, 0.29) is 0 Å². The van der Waals surface area contributed by atoms with Gasteiger partial charge in [0, 0.05) is 12.4 Å². The van der Waals surface area contributed by atoms with Gasteiger partial charge in [-0.25, -0.2) is 9.97 Å². The van der Waals surface area contributed by atoms with Crippen molar-refractivity contribution in [2.75, 3.05) is 6.54 Å². The Bertz CT molecular complexity index is 335. The van der Waals surface area contributed by atoms with Crippen molar-refractivity contribution >= 4 is 29.6 Å². The Morgan fingerprint density at radius 1 is 1.54 bits per heavy atom. The van der Waals surface area contributed by atoms with Crippen LogP contribution in [0.25, 0.3) is 0 Å². The number of nitrogens with zero attached hydrogens (tertiary/aromatic N) is 3. The van der Waals surface area contributed by atoms with Gasteiger partial charge in [-0.15, -0.1) is 3.95 Å². The summed E-state index contributed by atoms with van der Waals surface area (Å²) in [6.45, 7) is 4.09. The van der Waals surface area contributed by atoms with E-state index < -0.39 is 0 Å². The molecule has 0 saturated heterocycles. The van der Waals surface area contributed by atoms with Crippen LogP contribution in [0.4, 0.5) is 0 Å². The summed E-state index contributed by atoms with van der Waals surface area (Å²) in [7, 11) is 0. The molecule has 0 atom stereocenters. The molecule has 1 aromatic heterocycles. The van der Waals surface area contributed by atoms with Gasteiger partial charge in [-0.05, 0) is 24.4 Å². The Morgan fingerprint density at radius 3 is 2.69 bits per heavy atom. The maximum atomic E-state index is 5.06. The molecule has 0 radical (unpaired) electrons. The van der Waals surface area contributed by atoms with Gasteiger partial charge in [0.2, 0.25) is 5.82 Å². The Kier molecular flexibility index (Phi) is 3.72. The number of thiocarbonyl (C=S) groups is 1. The normalized spacial score (nSPS) is 9.23. The summed E-state index contributed by atoms with van der Waals surface area (Å²) in [5, 5.41) is 0. The average molecular weight is 210 g/mol. The molecular weight excluding hydrogens is 202 g/mol. The summed E-state index contributed by atoms with van der Waals surface area (Å²) in [6, 6.07) is 1.73. The first-order valence-corrected chi connectivity index (χ1v) is 4.40. The molecule has 5 heteroatoms. The molecule has 0 aliphatic rings. The fourth-order valence-corrected chi connectivity index (χ4v) is 1.09. The predicted octanol–water partition coefficient (Wildman–Crippen LogP) is 1.08. The molecule has 0 amide bonds. The standard InChI is InChI=1S/C8H8N3S2/c1-2-6-11(13)8(12)7-9-4-3-5-10-7/h2-5H,1,6H2/q+1. The number of aromatic nitrogens is 2. The minimum atomic E-state index is 0.454. The molecule has 0 bridgehead atoms. The fourth-order valence-electron chi connectivity index (χ4n) is 0.721. The van der Waals surface area contributed by atoms with Crippen LogP contribution in [0.3, 0.4) is 0 Å². The van der Waals surface area contributed by atoms with Crippen LogP contribution < -0.4 is 0 Å². The van der Waals surface area contributed by atoms with E-state index in [4.69, 9.17) is 24.6 Å². The third kappa shape index (κ3) is 2.71. The average Bonchev–Trinajstić information content (AvgIpc) is 2.18. The summed E-state index contributed by atoms with van der Waals surface area (Å²) in [6.07, 6.45) is 4.94. The number of hydrogen-bond acceptors (Lipinski definition) is 4. The molecule has 1 rings (SSSR count). The Labute approximate surface area is 87.3 Å². The molecule has 3 nitrogen and oxygen atoms in total. The second-order valence-electron chi connectivity index (χ2n) is 2.23. The largest absolute Gasteiger partial charge is 0.331 e. The highest BCUT2D eigenvalue weighted by molar-refractivity contribution is 7.80. The van der Waals surface area contributed by atoms with Crippen LogP contribution in [0, 0.1) is 0 Å². The van der Waals surface area contributed by atoms with Gasteiger partial charge in [-0.2, -0.15) is 0 Å². The molecule has 1 heterocycles. The van der Waals surface area contributed by atoms with Crippen molar-refractivity contribution in [3.8, 4) is 0 Å². The summed E-state index contributed by atoms with van der Waals surface area (Å²) in [5.41, 5.74) is 0. The maximum absolute atomic E-state index is 5.06. The second kappa shape index (κ2) is 4.84. The van der Waals surface area contributed by atoms with Crippen LogP contribution in [-0.4, -0.2) is 25.4 Å². The van der Waals surface area contributed by atoms with E-state index in [1.54, 1.807) is 24.5 Å². The zero-order chi connectivity index (χ0) is 9.68. The first-order valence-electron chi connectivity index (χ1n) is 3.62. The van der Waals surface area contributed by atoms with Gasteiger partial charge in [0.1, 0.15) is 0 Å². The topological polar surface area (TPSA) is 28.8 Å². The van der Waals surface area contributed by atoms with Crippen molar-refractivity contribution in [1.29, 1.82) is 0 Å². The lowest BCUT2D eigenvalue weighted by molar-refractivity contribution is -0.356. The first kappa shape index (κ1) is 10.0. The van der Waals surface area contributed by atoms with Crippen molar-refractivity contribution in [2.24, 2.45) is 0 Å². The van der Waals surface area contributed by atoms with E-state index in [9.17, 15) is 0 Å². The molecule has 0 aliphatic heterocycles. The van der Waals surface area contributed by atoms with Crippen molar-refractivity contribution in [2.45, 2.75) is 0 Å². The van der Waals surface area contributed by atoms with E-state index in [0.717, 1.165) is 0 Å². The SMILES string of the molecule is C=CC[N+](=S)C(=S)c1ncccn1. The predicted molar refractivity (Wildman–Crippen MR) is 56.4 cm³/mol. The van der Waals surface area contributed by atoms with E-state index in [1.165, 1.54) is 3.95 Å². The van der Waals surface area contributed by atoms with Gasteiger partial charge < -0.3 is 0 Å². The molecule has 0 saturated carbocycles. The molecule has 0 unspecified atom stereocenters. The highest BCUT2D eigenvalue weighted by atomic mass is 32.1. The number of hydrogen-bond donors (Lipinski definition) is 0. The molecule has 0 spiro atoms. The Balaban J connectivity index is 2.80. The van der Waals surface area contributed by atoms with Crippen LogP contribution in [0.1, 0.15) is 5.82 Å². The van der Waals surface area contributed by atoms with Crippen LogP contribution in [0.15, 0.2) is 31.1 Å². The van der Waals surface area contributed by atoms with Crippen molar-refractivity contribution < 1.29 is 3.95 Å². The lowest BCUT2D eigenvalue weighted by atomic mass is 10.5. The zero-order valence-corrected chi connectivity index (χ0v) is 8.51. The number of rotatable bonds is 3. The first-order chi connectivity index (χ1) is 6.25. The van der Waals surface area contributed by atoms with Crippen molar-refractivity contribution in [3.05, 3.63) is 36.9 Å². The monoisotopic (exact) mass is 210 g/mol. The maximum Gasteiger partial charge on any atom is 0.331 e. The van der Waals surface area contributed by atoms with Gasteiger partial charge in [0.05, 0.1) is 0 Å².